The molecule has 1 aromatic heterocycles. The molecule has 78 valence electrons. The number of thiophene rings is 1. The summed E-state index contributed by atoms with van der Waals surface area (Å²) in [5, 5.41) is 7.05. The Morgan fingerprint density at radius 3 is 3.00 bits per heavy atom. The minimum Gasteiger partial charge on any atom is -0.458 e. The molecule has 0 fully saturated rings. The van der Waals surface area contributed by atoms with Crippen molar-refractivity contribution in [3.63, 3.8) is 0 Å². The van der Waals surface area contributed by atoms with Gasteiger partial charge in [0.2, 0.25) is 0 Å². The van der Waals surface area contributed by atoms with Crippen LogP contribution >= 0.6 is 11.3 Å². The lowest BCUT2D eigenvalue weighted by molar-refractivity contribution is -0.147. The second-order valence-electron chi connectivity index (χ2n) is 3.05. The van der Waals surface area contributed by atoms with E-state index in [0.29, 0.717) is 0 Å². The van der Waals surface area contributed by atoms with Crippen LogP contribution in [0.5, 0.6) is 0 Å². The average Bonchev–Trinajstić information content (AvgIpc) is 2.64. The molecule has 0 spiro atoms. The fraction of sp³-hybridized carbons (Fsp3) is 0.500. The summed E-state index contributed by atoms with van der Waals surface area (Å²) in [6, 6.07) is 1.99. The molecular weight excluding hydrogens is 198 g/mol. The predicted molar refractivity (Wildman–Crippen MR) is 57.4 cm³/mol. The summed E-state index contributed by atoms with van der Waals surface area (Å²) >= 11 is 1.62. The number of hydrogen-bond donors (Lipinski definition) is 1. The van der Waals surface area contributed by atoms with E-state index in [-0.39, 0.29) is 12.1 Å². The van der Waals surface area contributed by atoms with Gasteiger partial charge in [0.1, 0.15) is 6.10 Å². The van der Waals surface area contributed by atoms with Gasteiger partial charge in [0.25, 0.3) is 0 Å². The van der Waals surface area contributed by atoms with Gasteiger partial charge in [-0.2, -0.15) is 11.3 Å². The molecule has 0 amide bonds. The summed E-state index contributed by atoms with van der Waals surface area (Å²) in [6.45, 7) is 2.28. The molecule has 0 aliphatic heterocycles. The van der Waals surface area contributed by atoms with Crippen molar-refractivity contribution in [1.29, 1.82) is 0 Å². The number of carbonyl (C=O) groups excluding carboxylic acids is 1. The lowest BCUT2D eigenvalue weighted by Crippen LogP contribution is -2.15. The zero-order chi connectivity index (χ0) is 10.4. The Morgan fingerprint density at radius 2 is 2.50 bits per heavy atom. The molecule has 0 aromatic carbocycles. The zero-order valence-corrected chi connectivity index (χ0v) is 9.26. The molecule has 14 heavy (non-hydrogen) atoms. The van der Waals surface area contributed by atoms with Gasteiger partial charge in [-0.3, -0.25) is 4.79 Å². The molecule has 1 heterocycles. The first kappa shape index (κ1) is 11.2. The van der Waals surface area contributed by atoms with Crippen LogP contribution in [-0.2, 0) is 9.53 Å². The Balaban J connectivity index is 2.57. The molecular formula is C10H15NO2S. The highest BCUT2D eigenvalue weighted by Crippen LogP contribution is 2.23. The summed E-state index contributed by atoms with van der Waals surface area (Å²) in [7, 11) is 1.89. The van der Waals surface area contributed by atoms with Crippen LogP contribution in [0.15, 0.2) is 16.8 Å². The predicted octanol–water partition coefficient (Wildman–Crippen LogP) is 1.96. The van der Waals surface area contributed by atoms with Crippen molar-refractivity contribution in [3.05, 3.63) is 22.4 Å². The van der Waals surface area contributed by atoms with Crippen LogP contribution in [0.3, 0.4) is 0 Å². The van der Waals surface area contributed by atoms with Crippen molar-refractivity contribution in [2.45, 2.75) is 19.4 Å². The van der Waals surface area contributed by atoms with Crippen LogP contribution in [0.2, 0.25) is 0 Å². The highest BCUT2D eigenvalue weighted by atomic mass is 32.1. The number of hydrogen-bond acceptors (Lipinski definition) is 4. The molecule has 0 saturated carbocycles. The Hall–Kier alpha value is -0.870. The number of ether oxygens (including phenoxy) is 1. The highest BCUT2D eigenvalue weighted by Gasteiger charge is 2.14. The monoisotopic (exact) mass is 213 g/mol. The molecule has 1 N–H and O–H groups in total. The second-order valence-corrected chi connectivity index (χ2v) is 3.83. The first-order valence-corrected chi connectivity index (χ1v) is 5.52. The van der Waals surface area contributed by atoms with Crippen molar-refractivity contribution in [2.75, 3.05) is 13.6 Å². The third-order valence-electron chi connectivity index (χ3n) is 1.88. The van der Waals surface area contributed by atoms with Gasteiger partial charge >= 0.3 is 5.97 Å². The van der Waals surface area contributed by atoms with Crippen LogP contribution < -0.4 is 5.32 Å². The van der Waals surface area contributed by atoms with Gasteiger partial charge in [0, 0.05) is 18.9 Å². The summed E-state index contributed by atoms with van der Waals surface area (Å²) in [6.07, 6.45) is 0.707. The Bertz CT molecular complexity index is 272. The molecule has 3 nitrogen and oxygen atoms in total. The topological polar surface area (TPSA) is 38.3 Å². The van der Waals surface area contributed by atoms with Crippen molar-refractivity contribution in [1.82, 2.24) is 5.32 Å². The van der Waals surface area contributed by atoms with E-state index in [1.807, 2.05) is 23.9 Å². The molecule has 1 atom stereocenters. The van der Waals surface area contributed by atoms with E-state index in [2.05, 4.69) is 5.32 Å². The van der Waals surface area contributed by atoms with Crippen LogP contribution in [0.1, 0.15) is 25.0 Å². The maximum absolute atomic E-state index is 10.9. The largest absolute Gasteiger partial charge is 0.458 e. The van der Waals surface area contributed by atoms with Gasteiger partial charge in [0.05, 0.1) is 0 Å². The fourth-order valence-corrected chi connectivity index (χ4v) is 1.93. The first-order valence-electron chi connectivity index (χ1n) is 4.58. The minimum atomic E-state index is -0.225. The molecule has 0 aliphatic rings. The van der Waals surface area contributed by atoms with Crippen molar-refractivity contribution in [2.24, 2.45) is 0 Å². The van der Waals surface area contributed by atoms with E-state index in [1.165, 1.54) is 6.92 Å². The Kier molecular flexibility index (Phi) is 4.62. The maximum Gasteiger partial charge on any atom is 0.303 e. The molecule has 4 heteroatoms. The van der Waals surface area contributed by atoms with Crippen LogP contribution in [0.4, 0.5) is 0 Å². The summed E-state index contributed by atoms with van der Waals surface area (Å²) in [5.41, 5.74) is 1.08. The standard InChI is InChI=1S/C10H15NO2S/c1-8(12)13-10(3-5-11-2)9-4-6-14-7-9/h4,6-7,10-11H,3,5H2,1-2H3. The normalized spacial score (nSPS) is 12.4. The third kappa shape index (κ3) is 3.47. The summed E-state index contributed by atoms with van der Waals surface area (Å²) in [5.74, 6) is -0.225. The van der Waals surface area contributed by atoms with E-state index in [1.54, 1.807) is 11.3 Å². The first-order chi connectivity index (χ1) is 6.74. The molecule has 0 saturated heterocycles. The summed E-state index contributed by atoms with van der Waals surface area (Å²) < 4.78 is 5.22. The minimum absolute atomic E-state index is 0.105. The molecule has 1 rings (SSSR count). The molecule has 0 bridgehead atoms. The fourth-order valence-electron chi connectivity index (χ4n) is 1.23. The SMILES string of the molecule is CNCCC(OC(C)=O)c1ccsc1. The van der Waals surface area contributed by atoms with Crippen molar-refractivity contribution >= 4 is 17.3 Å². The van der Waals surface area contributed by atoms with Crippen molar-refractivity contribution in [3.8, 4) is 0 Å². The van der Waals surface area contributed by atoms with Gasteiger partial charge < -0.3 is 10.1 Å². The number of nitrogens with one attached hydrogen (secondary N) is 1. The third-order valence-corrected chi connectivity index (χ3v) is 2.58. The molecule has 1 aromatic rings. The van der Waals surface area contributed by atoms with Crippen LogP contribution in [0.25, 0.3) is 0 Å². The van der Waals surface area contributed by atoms with E-state index in [4.69, 9.17) is 4.74 Å². The van der Waals surface area contributed by atoms with Crippen molar-refractivity contribution < 1.29 is 9.53 Å². The zero-order valence-electron chi connectivity index (χ0n) is 8.45. The average molecular weight is 213 g/mol. The van der Waals surface area contributed by atoms with Gasteiger partial charge in [-0.1, -0.05) is 0 Å². The highest BCUT2D eigenvalue weighted by molar-refractivity contribution is 7.07. The van der Waals surface area contributed by atoms with Crippen LogP contribution in [-0.4, -0.2) is 19.6 Å². The van der Waals surface area contributed by atoms with E-state index in [0.717, 1.165) is 18.5 Å². The maximum atomic E-state index is 10.9. The van der Waals surface area contributed by atoms with Gasteiger partial charge in [-0.05, 0) is 30.4 Å². The van der Waals surface area contributed by atoms with Gasteiger partial charge in [0.15, 0.2) is 0 Å². The van der Waals surface area contributed by atoms with Gasteiger partial charge in [-0.15, -0.1) is 0 Å². The summed E-state index contributed by atoms with van der Waals surface area (Å²) in [4.78, 5) is 10.9. The Morgan fingerprint density at radius 1 is 1.71 bits per heavy atom. The van der Waals surface area contributed by atoms with Gasteiger partial charge in [-0.25, -0.2) is 0 Å². The van der Waals surface area contributed by atoms with E-state index < -0.39 is 0 Å². The molecule has 1 unspecified atom stereocenters. The smallest absolute Gasteiger partial charge is 0.303 e. The van der Waals surface area contributed by atoms with Crippen LogP contribution in [0, 0.1) is 0 Å². The molecule has 0 aliphatic carbocycles. The number of carbonyl (C=O) groups is 1. The second kappa shape index (κ2) is 5.78. The number of rotatable bonds is 5. The quantitative estimate of drug-likeness (QED) is 0.760. The van der Waals surface area contributed by atoms with E-state index >= 15 is 0 Å². The van der Waals surface area contributed by atoms with E-state index in [9.17, 15) is 4.79 Å². The Labute approximate surface area is 88.1 Å². The lowest BCUT2D eigenvalue weighted by Gasteiger charge is -2.15. The number of esters is 1. The lowest BCUT2D eigenvalue weighted by atomic mass is 10.1. The molecule has 0 radical (unpaired) electrons.